The number of nitrogens with zero attached hydrogens (tertiary/aromatic N) is 3. The molecule has 1 aromatic carbocycles. The zero-order valence-corrected chi connectivity index (χ0v) is 14.5. The lowest BCUT2D eigenvalue weighted by Crippen LogP contribution is -2.36. The van der Waals surface area contributed by atoms with E-state index in [2.05, 4.69) is 4.98 Å². The summed E-state index contributed by atoms with van der Waals surface area (Å²) in [4.78, 5) is 31.7. The standard InChI is InChI=1S/C20H21N3O2/c1-3-11-22(14-16-7-5-4-6-8-16)19(24)17-12-21-18-10-9-15(2)13-23(18)20(17)25/h4-10,12-13H,3,11,14H2,1-2H3. The van der Waals surface area contributed by atoms with Crippen LogP contribution in [0, 0.1) is 6.92 Å². The molecule has 0 aliphatic rings. The van der Waals surface area contributed by atoms with Crippen molar-refractivity contribution in [1.29, 1.82) is 0 Å². The predicted octanol–water partition coefficient (Wildman–Crippen LogP) is 3.06. The van der Waals surface area contributed by atoms with E-state index >= 15 is 0 Å². The highest BCUT2D eigenvalue weighted by atomic mass is 16.2. The second-order valence-electron chi connectivity index (χ2n) is 6.12. The van der Waals surface area contributed by atoms with E-state index < -0.39 is 0 Å². The highest BCUT2D eigenvalue weighted by Gasteiger charge is 2.20. The second-order valence-corrected chi connectivity index (χ2v) is 6.12. The van der Waals surface area contributed by atoms with Crippen molar-refractivity contribution in [2.45, 2.75) is 26.8 Å². The third-order valence-electron chi connectivity index (χ3n) is 4.08. The maximum Gasteiger partial charge on any atom is 0.270 e. The summed E-state index contributed by atoms with van der Waals surface area (Å²) < 4.78 is 1.44. The number of hydrogen-bond acceptors (Lipinski definition) is 3. The molecule has 128 valence electrons. The minimum absolute atomic E-state index is 0.104. The number of rotatable bonds is 5. The van der Waals surface area contributed by atoms with Crippen molar-refractivity contribution in [1.82, 2.24) is 14.3 Å². The van der Waals surface area contributed by atoms with E-state index in [4.69, 9.17) is 0 Å². The van der Waals surface area contributed by atoms with Crippen molar-refractivity contribution in [3.05, 3.63) is 81.9 Å². The summed E-state index contributed by atoms with van der Waals surface area (Å²) in [5, 5.41) is 0. The van der Waals surface area contributed by atoms with Crippen molar-refractivity contribution >= 4 is 11.6 Å². The molecule has 0 fully saturated rings. The molecule has 1 amide bonds. The van der Waals surface area contributed by atoms with Crippen LogP contribution in [0.1, 0.15) is 34.8 Å². The summed E-state index contributed by atoms with van der Waals surface area (Å²) in [6, 6.07) is 13.5. The number of carbonyl (C=O) groups is 1. The van der Waals surface area contributed by atoms with E-state index in [0.29, 0.717) is 18.7 Å². The summed E-state index contributed by atoms with van der Waals surface area (Å²) in [5.74, 6) is -0.279. The Hall–Kier alpha value is -2.95. The number of aromatic nitrogens is 2. The van der Waals surface area contributed by atoms with Gasteiger partial charge in [0.25, 0.3) is 11.5 Å². The van der Waals surface area contributed by atoms with Crippen molar-refractivity contribution in [2.24, 2.45) is 0 Å². The highest BCUT2D eigenvalue weighted by molar-refractivity contribution is 5.93. The van der Waals surface area contributed by atoms with Gasteiger partial charge in [0.05, 0.1) is 0 Å². The smallest absolute Gasteiger partial charge is 0.270 e. The number of benzene rings is 1. The lowest BCUT2D eigenvalue weighted by Gasteiger charge is -2.22. The van der Waals surface area contributed by atoms with Crippen LogP contribution < -0.4 is 5.56 Å². The molecule has 3 rings (SSSR count). The van der Waals surface area contributed by atoms with Crippen LogP contribution in [-0.2, 0) is 6.54 Å². The minimum atomic E-state index is -0.326. The van der Waals surface area contributed by atoms with E-state index in [1.165, 1.54) is 10.6 Å². The minimum Gasteiger partial charge on any atom is -0.334 e. The quantitative estimate of drug-likeness (QED) is 0.720. The number of pyridine rings is 1. The van der Waals surface area contributed by atoms with Crippen LogP contribution in [0.25, 0.3) is 5.65 Å². The Morgan fingerprint density at radius 2 is 1.92 bits per heavy atom. The number of carbonyl (C=O) groups excluding carboxylic acids is 1. The Bertz CT molecular complexity index is 948. The van der Waals surface area contributed by atoms with Crippen LogP contribution in [-0.4, -0.2) is 26.7 Å². The molecule has 0 spiro atoms. The second kappa shape index (κ2) is 7.30. The van der Waals surface area contributed by atoms with Crippen LogP contribution in [0.2, 0.25) is 0 Å². The number of amides is 1. The molecule has 0 radical (unpaired) electrons. The summed E-state index contributed by atoms with van der Waals surface area (Å²) in [5.41, 5.74) is 2.29. The van der Waals surface area contributed by atoms with Gasteiger partial charge in [-0.15, -0.1) is 0 Å². The molecule has 0 atom stereocenters. The molecule has 2 heterocycles. The van der Waals surface area contributed by atoms with Crippen molar-refractivity contribution < 1.29 is 4.79 Å². The molecule has 0 saturated carbocycles. The third kappa shape index (κ3) is 3.60. The van der Waals surface area contributed by atoms with Gasteiger partial charge in [-0.05, 0) is 30.5 Å². The highest BCUT2D eigenvalue weighted by Crippen LogP contribution is 2.09. The van der Waals surface area contributed by atoms with Gasteiger partial charge in [-0.1, -0.05) is 43.3 Å². The molecule has 5 nitrogen and oxygen atoms in total. The first kappa shape index (κ1) is 16.9. The molecule has 0 aliphatic heterocycles. The van der Waals surface area contributed by atoms with E-state index in [1.807, 2.05) is 50.2 Å². The predicted molar refractivity (Wildman–Crippen MR) is 97.7 cm³/mol. The largest absolute Gasteiger partial charge is 0.334 e. The molecule has 25 heavy (non-hydrogen) atoms. The average Bonchev–Trinajstić information content (AvgIpc) is 2.62. The molecule has 2 aromatic heterocycles. The van der Waals surface area contributed by atoms with E-state index in [-0.39, 0.29) is 17.0 Å². The average molecular weight is 335 g/mol. The van der Waals surface area contributed by atoms with Gasteiger partial charge in [0.15, 0.2) is 0 Å². The van der Waals surface area contributed by atoms with Gasteiger partial charge in [-0.25, -0.2) is 4.98 Å². The van der Waals surface area contributed by atoms with Gasteiger partial charge < -0.3 is 4.90 Å². The van der Waals surface area contributed by atoms with E-state index in [0.717, 1.165) is 17.5 Å². The fraction of sp³-hybridized carbons (Fsp3) is 0.250. The number of aryl methyl sites for hydroxylation is 1. The Labute approximate surface area is 146 Å². The maximum absolute atomic E-state index is 13.0. The topological polar surface area (TPSA) is 54.7 Å². The molecular formula is C20H21N3O2. The monoisotopic (exact) mass is 335 g/mol. The van der Waals surface area contributed by atoms with E-state index in [9.17, 15) is 9.59 Å². The lowest BCUT2D eigenvalue weighted by atomic mass is 10.2. The van der Waals surface area contributed by atoms with Crippen LogP contribution in [0.15, 0.2) is 59.7 Å². The summed E-state index contributed by atoms with van der Waals surface area (Å²) in [7, 11) is 0. The first-order chi connectivity index (χ1) is 12.1. The van der Waals surface area contributed by atoms with Gasteiger partial charge in [-0.3, -0.25) is 14.0 Å². The van der Waals surface area contributed by atoms with Gasteiger partial charge in [0, 0.05) is 25.5 Å². The van der Waals surface area contributed by atoms with Crippen molar-refractivity contribution in [3.8, 4) is 0 Å². The molecule has 3 aromatic rings. The SMILES string of the molecule is CCCN(Cc1ccccc1)C(=O)c1cnc2ccc(C)cn2c1=O. The Kier molecular flexibility index (Phi) is 4.93. The summed E-state index contributed by atoms with van der Waals surface area (Å²) in [6.45, 7) is 4.98. The molecule has 5 heteroatoms. The molecular weight excluding hydrogens is 314 g/mol. The Balaban J connectivity index is 1.98. The maximum atomic E-state index is 13.0. The fourth-order valence-corrected chi connectivity index (χ4v) is 2.83. The molecule has 0 bridgehead atoms. The first-order valence-corrected chi connectivity index (χ1v) is 8.41. The summed E-state index contributed by atoms with van der Waals surface area (Å²) >= 11 is 0. The Morgan fingerprint density at radius 1 is 1.16 bits per heavy atom. The van der Waals surface area contributed by atoms with E-state index in [1.54, 1.807) is 17.2 Å². The zero-order chi connectivity index (χ0) is 17.8. The van der Waals surface area contributed by atoms with Crippen molar-refractivity contribution in [3.63, 3.8) is 0 Å². The fourth-order valence-electron chi connectivity index (χ4n) is 2.83. The molecule has 0 N–H and O–H groups in total. The van der Waals surface area contributed by atoms with Crippen LogP contribution in [0.3, 0.4) is 0 Å². The van der Waals surface area contributed by atoms with Crippen molar-refractivity contribution in [2.75, 3.05) is 6.54 Å². The van der Waals surface area contributed by atoms with Crippen LogP contribution >= 0.6 is 0 Å². The van der Waals surface area contributed by atoms with Gasteiger partial charge in [0.1, 0.15) is 11.2 Å². The van der Waals surface area contributed by atoms with Crippen LogP contribution in [0.5, 0.6) is 0 Å². The zero-order valence-electron chi connectivity index (χ0n) is 14.5. The first-order valence-electron chi connectivity index (χ1n) is 8.41. The lowest BCUT2D eigenvalue weighted by molar-refractivity contribution is 0.0740. The summed E-state index contributed by atoms with van der Waals surface area (Å²) in [6.07, 6.45) is 3.92. The van der Waals surface area contributed by atoms with Gasteiger partial charge in [0.2, 0.25) is 0 Å². The number of hydrogen-bond donors (Lipinski definition) is 0. The third-order valence-corrected chi connectivity index (χ3v) is 4.08. The molecule has 0 aliphatic carbocycles. The Morgan fingerprint density at radius 3 is 2.64 bits per heavy atom. The van der Waals surface area contributed by atoms with Gasteiger partial charge >= 0.3 is 0 Å². The van der Waals surface area contributed by atoms with Gasteiger partial charge in [-0.2, -0.15) is 0 Å². The molecule has 0 saturated heterocycles. The molecule has 0 unspecified atom stereocenters. The number of fused-ring (bicyclic) bond motifs is 1. The normalized spacial score (nSPS) is 10.8. The van der Waals surface area contributed by atoms with Crippen LogP contribution in [0.4, 0.5) is 0 Å².